The van der Waals surface area contributed by atoms with Crippen molar-refractivity contribution in [2.75, 3.05) is 18.0 Å². The molecule has 0 radical (unpaired) electrons. The van der Waals surface area contributed by atoms with Crippen molar-refractivity contribution >= 4 is 17.3 Å². The smallest absolute Gasteiger partial charge is 0.0638 e. The molecule has 0 spiro atoms. The van der Waals surface area contributed by atoms with Crippen molar-refractivity contribution in [3.63, 3.8) is 0 Å². The quantitative estimate of drug-likeness (QED) is 0.892. The van der Waals surface area contributed by atoms with Crippen LogP contribution >= 0.6 is 11.6 Å². The lowest BCUT2D eigenvalue weighted by Gasteiger charge is -2.40. The van der Waals surface area contributed by atoms with Gasteiger partial charge in [-0.2, -0.15) is 5.26 Å². The minimum atomic E-state index is 0.240. The number of benzene rings is 1. The van der Waals surface area contributed by atoms with Crippen molar-refractivity contribution in [2.24, 2.45) is 0 Å². The molecule has 2 unspecified atom stereocenters. The summed E-state index contributed by atoms with van der Waals surface area (Å²) < 4.78 is 0. The highest BCUT2D eigenvalue weighted by Gasteiger charge is 2.25. The van der Waals surface area contributed by atoms with Gasteiger partial charge in [0.2, 0.25) is 0 Å². The number of rotatable bonds is 2. The maximum Gasteiger partial charge on any atom is 0.0638 e. The summed E-state index contributed by atoms with van der Waals surface area (Å²) in [4.78, 5) is 2.35. The van der Waals surface area contributed by atoms with Gasteiger partial charge in [-0.1, -0.05) is 17.7 Å². The summed E-state index contributed by atoms with van der Waals surface area (Å²) in [5, 5.41) is 13.0. The number of hydrogen-bond acceptors (Lipinski definition) is 3. The molecule has 1 aliphatic rings. The third-order valence-electron chi connectivity index (χ3n) is 3.47. The van der Waals surface area contributed by atoms with Crippen LogP contribution in [0.25, 0.3) is 0 Å². The van der Waals surface area contributed by atoms with Gasteiger partial charge in [0.05, 0.1) is 12.5 Å². The van der Waals surface area contributed by atoms with Gasteiger partial charge in [-0.3, -0.25) is 0 Å². The fourth-order valence-corrected chi connectivity index (χ4v) is 2.57. The van der Waals surface area contributed by atoms with Gasteiger partial charge < -0.3 is 10.2 Å². The minimum absolute atomic E-state index is 0.240. The standard InChI is InChI=1S/C14H18ClN3/c1-10-3-4-12(15)7-14(10)18-9-13(5-6-16)17-8-11(18)2/h3-4,7,11,13,17H,5,8-9H2,1-2H3. The maximum absolute atomic E-state index is 8.81. The second-order valence-corrected chi connectivity index (χ2v) is 5.34. The molecule has 0 aromatic heterocycles. The van der Waals surface area contributed by atoms with Crippen molar-refractivity contribution in [1.29, 1.82) is 5.26 Å². The molecule has 0 amide bonds. The molecule has 96 valence electrons. The minimum Gasteiger partial charge on any atom is -0.366 e. The molecule has 0 bridgehead atoms. The highest BCUT2D eigenvalue weighted by molar-refractivity contribution is 6.30. The first-order chi connectivity index (χ1) is 8.61. The number of hydrogen-bond donors (Lipinski definition) is 1. The Morgan fingerprint density at radius 2 is 2.33 bits per heavy atom. The molecule has 3 nitrogen and oxygen atoms in total. The van der Waals surface area contributed by atoms with Crippen molar-refractivity contribution in [3.8, 4) is 6.07 Å². The molecule has 0 saturated carbocycles. The molecule has 1 aliphatic heterocycles. The molecule has 1 aromatic rings. The first-order valence-corrected chi connectivity index (χ1v) is 6.62. The third kappa shape index (κ3) is 2.77. The van der Waals surface area contributed by atoms with E-state index in [1.54, 1.807) is 0 Å². The van der Waals surface area contributed by atoms with E-state index in [1.165, 1.54) is 11.3 Å². The van der Waals surface area contributed by atoms with Crippen molar-refractivity contribution in [3.05, 3.63) is 28.8 Å². The average Bonchev–Trinajstić information content (AvgIpc) is 2.35. The van der Waals surface area contributed by atoms with E-state index in [-0.39, 0.29) is 6.04 Å². The monoisotopic (exact) mass is 263 g/mol. The Morgan fingerprint density at radius 1 is 1.56 bits per heavy atom. The van der Waals surface area contributed by atoms with E-state index in [1.807, 2.05) is 18.2 Å². The molecule has 1 heterocycles. The molecular formula is C14H18ClN3. The van der Waals surface area contributed by atoms with Gasteiger partial charge >= 0.3 is 0 Å². The topological polar surface area (TPSA) is 39.1 Å². The lowest BCUT2D eigenvalue weighted by molar-refractivity contribution is 0.408. The van der Waals surface area contributed by atoms with E-state index in [0.717, 1.165) is 18.1 Å². The predicted molar refractivity (Wildman–Crippen MR) is 75.0 cm³/mol. The molecule has 0 aliphatic carbocycles. The number of piperazine rings is 1. The van der Waals surface area contributed by atoms with Crippen molar-refractivity contribution in [1.82, 2.24) is 5.32 Å². The van der Waals surface area contributed by atoms with E-state index in [4.69, 9.17) is 16.9 Å². The second kappa shape index (κ2) is 5.60. The summed E-state index contributed by atoms with van der Waals surface area (Å²) in [6.45, 7) is 6.05. The number of nitriles is 1. The molecule has 1 aromatic carbocycles. The third-order valence-corrected chi connectivity index (χ3v) is 3.70. The van der Waals surface area contributed by atoms with Crippen LogP contribution < -0.4 is 10.2 Å². The Bertz CT molecular complexity index is 467. The molecule has 1 saturated heterocycles. The van der Waals surface area contributed by atoms with Gasteiger partial charge in [-0.05, 0) is 31.5 Å². The Morgan fingerprint density at radius 3 is 3.06 bits per heavy atom. The van der Waals surface area contributed by atoms with Crippen LogP contribution in [0.15, 0.2) is 18.2 Å². The zero-order chi connectivity index (χ0) is 13.1. The van der Waals surface area contributed by atoms with E-state index < -0.39 is 0 Å². The Hall–Kier alpha value is -1.24. The van der Waals surface area contributed by atoms with Crippen LogP contribution in [0, 0.1) is 18.3 Å². The van der Waals surface area contributed by atoms with Gasteiger partial charge in [0.25, 0.3) is 0 Å². The van der Waals surface area contributed by atoms with Gasteiger partial charge in [0.1, 0.15) is 0 Å². The van der Waals surface area contributed by atoms with E-state index in [9.17, 15) is 0 Å². The van der Waals surface area contributed by atoms with Gasteiger partial charge in [-0.15, -0.1) is 0 Å². The number of nitrogens with zero attached hydrogens (tertiary/aromatic N) is 2. The van der Waals surface area contributed by atoms with Crippen LogP contribution in [0.3, 0.4) is 0 Å². The van der Waals surface area contributed by atoms with Crippen molar-refractivity contribution in [2.45, 2.75) is 32.4 Å². The largest absolute Gasteiger partial charge is 0.366 e. The summed E-state index contributed by atoms with van der Waals surface area (Å²) in [5.74, 6) is 0. The first-order valence-electron chi connectivity index (χ1n) is 6.25. The second-order valence-electron chi connectivity index (χ2n) is 4.90. The fourth-order valence-electron chi connectivity index (χ4n) is 2.40. The maximum atomic E-state index is 8.81. The highest BCUT2D eigenvalue weighted by Crippen LogP contribution is 2.27. The molecular weight excluding hydrogens is 246 g/mol. The molecule has 2 rings (SSSR count). The summed E-state index contributed by atoms with van der Waals surface area (Å²) in [5.41, 5.74) is 2.41. The Kier molecular flexibility index (Phi) is 4.11. The lowest BCUT2D eigenvalue weighted by Crippen LogP contribution is -2.55. The molecule has 1 fully saturated rings. The SMILES string of the molecule is Cc1ccc(Cl)cc1N1CC(CC#N)NCC1C. The first kappa shape index (κ1) is 13.2. The summed E-state index contributed by atoms with van der Waals surface area (Å²) in [6, 6.07) is 8.87. The van der Waals surface area contributed by atoms with Crippen molar-refractivity contribution < 1.29 is 0 Å². The van der Waals surface area contributed by atoms with Crippen LogP contribution in [-0.2, 0) is 0 Å². The molecule has 1 N–H and O–H groups in total. The average molecular weight is 264 g/mol. The molecule has 2 atom stereocenters. The predicted octanol–water partition coefficient (Wildman–Crippen LogP) is 2.73. The summed E-state index contributed by atoms with van der Waals surface area (Å²) in [7, 11) is 0. The molecule has 18 heavy (non-hydrogen) atoms. The van der Waals surface area contributed by atoms with E-state index in [2.05, 4.69) is 30.1 Å². The van der Waals surface area contributed by atoms with Crippen LogP contribution in [0.4, 0.5) is 5.69 Å². The zero-order valence-corrected chi connectivity index (χ0v) is 11.5. The van der Waals surface area contributed by atoms with Gasteiger partial charge in [0, 0.05) is 35.9 Å². The number of aryl methyl sites for hydroxylation is 1. The molecule has 4 heteroatoms. The normalized spacial score (nSPS) is 23.8. The van der Waals surface area contributed by atoms with Crippen LogP contribution in [-0.4, -0.2) is 25.2 Å². The zero-order valence-electron chi connectivity index (χ0n) is 10.8. The Balaban J connectivity index is 2.24. The van der Waals surface area contributed by atoms with Gasteiger partial charge in [-0.25, -0.2) is 0 Å². The Labute approximate surface area is 113 Å². The van der Waals surface area contributed by atoms with Crippen LogP contribution in [0.1, 0.15) is 18.9 Å². The number of nitrogens with one attached hydrogen (secondary N) is 1. The van der Waals surface area contributed by atoms with E-state index >= 15 is 0 Å². The van der Waals surface area contributed by atoms with Gasteiger partial charge in [0.15, 0.2) is 0 Å². The van der Waals surface area contributed by atoms with E-state index in [0.29, 0.717) is 12.5 Å². The highest BCUT2D eigenvalue weighted by atomic mass is 35.5. The summed E-state index contributed by atoms with van der Waals surface area (Å²) in [6.07, 6.45) is 0.544. The van der Waals surface area contributed by atoms with Crippen LogP contribution in [0.2, 0.25) is 5.02 Å². The van der Waals surface area contributed by atoms with Crippen LogP contribution in [0.5, 0.6) is 0 Å². The number of halogens is 1. The fraction of sp³-hybridized carbons (Fsp3) is 0.500. The number of anilines is 1. The summed E-state index contributed by atoms with van der Waals surface area (Å²) >= 11 is 6.09. The lowest BCUT2D eigenvalue weighted by atomic mass is 10.0.